The first-order valence-electron chi connectivity index (χ1n) is 3.82. The molecule has 0 aromatic heterocycles. The van der Waals surface area contributed by atoms with Crippen LogP contribution in [0.2, 0.25) is 0 Å². The van der Waals surface area contributed by atoms with Gasteiger partial charge in [0.1, 0.15) is 0 Å². The topological polar surface area (TPSA) is 72.3 Å². The maximum absolute atomic E-state index is 8.97. The predicted octanol–water partition coefficient (Wildman–Crippen LogP) is 1.28. The van der Waals surface area contributed by atoms with Gasteiger partial charge in [0.2, 0.25) is 0 Å². The fourth-order valence-electron chi connectivity index (χ4n) is 0.985. The highest BCUT2D eigenvalue weighted by molar-refractivity contribution is 5.85. The molecule has 0 amide bonds. The van der Waals surface area contributed by atoms with Gasteiger partial charge in [-0.1, -0.05) is 12.1 Å². The molecule has 1 aromatic rings. The summed E-state index contributed by atoms with van der Waals surface area (Å²) in [5.41, 5.74) is 12.2. The van der Waals surface area contributed by atoms with E-state index < -0.39 is 5.54 Å². The van der Waals surface area contributed by atoms with Gasteiger partial charge in [-0.25, -0.2) is 0 Å². The zero-order valence-corrected chi connectivity index (χ0v) is 9.57. The van der Waals surface area contributed by atoms with Gasteiger partial charge in [0.15, 0.2) is 0 Å². The lowest BCUT2D eigenvalue weighted by Gasteiger charge is -2.22. The average molecular weight is 239 g/mol. The number of nitrogens with two attached hydrogens (primary N) is 2. The summed E-state index contributed by atoms with van der Waals surface area (Å²) < 4.78 is 0. The van der Waals surface area contributed by atoms with E-state index in [1.54, 1.807) is 19.1 Å². The number of hydrogen-bond acceptors (Lipinski definition) is 3. The van der Waals surface area contributed by atoms with Crippen molar-refractivity contribution >= 4 is 30.5 Å². The molecule has 14 heavy (non-hydrogen) atoms. The van der Waals surface area contributed by atoms with Crippen LogP contribution in [0.15, 0.2) is 24.3 Å². The molecule has 0 spiro atoms. The molecule has 0 aliphatic rings. The Morgan fingerprint density at radius 2 is 1.93 bits per heavy atom. The summed E-state index contributed by atoms with van der Waals surface area (Å²) in [7, 11) is 0. The van der Waals surface area contributed by atoms with Crippen LogP contribution in [0.5, 0.6) is 0 Å². The minimum absolute atomic E-state index is 0. The number of aliphatic hydroxyl groups is 1. The third kappa shape index (κ3) is 3.72. The Morgan fingerprint density at radius 3 is 2.36 bits per heavy atom. The molecule has 5 N–H and O–H groups in total. The summed E-state index contributed by atoms with van der Waals surface area (Å²) in [5, 5.41) is 8.97. The molecule has 3 nitrogen and oxygen atoms in total. The van der Waals surface area contributed by atoms with Gasteiger partial charge in [0.25, 0.3) is 0 Å². The van der Waals surface area contributed by atoms with Crippen LogP contribution in [-0.2, 0) is 5.54 Å². The summed E-state index contributed by atoms with van der Waals surface area (Å²) in [6, 6.07) is 7.24. The monoisotopic (exact) mass is 238 g/mol. The molecule has 82 valence electrons. The van der Waals surface area contributed by atoms with E-state index in [2.05, 4.69) is 0 Å². The van der Waals surface area contributed by atoms with Crippen molar-refractivity contribution in [3.63, 3.8) is 0 Å². The van der Waals surface area contributed by atoms with E-state index in [9.17, 15) is 0 Å². The van der Waals surface area contributed by atoms with Gasteiger partial charge in [-0.3, -0.25) is 0 Å². The number of rotatable bonds is 2. The van der Waals surface area contributed by atoms with E-state index in [4.69, 9.17) is 16.6 Å². The highest BCUT2D eigenvalue weighted by Crippen LogP contribution is 2.18. The van der Waals surface area contributed by atoms with E-state index >= 15 is 0 Å². The van der Waals surface area contributed by atoms with Gasteiger partial charge in [-0.2, -0.15) is 0 Å². The maximum Gasteiger partial charge on any atom is 0.0650 e. The van der Waals surface area contributed by atoms with Crippen molar-refractivity contribution in [1.82, 2.24) is 0 Å². The van der Waals surface area contributed by atoms with Crippen LogP contribution in [0.1, 0.15) is 12.5 Å². The molecule has 0 saturated heterocycles. The van der Waals surface area contributed by atoms with Crippen LogP contribution in [-0.4, -0.2) is 11.7 Å². The molecule has 1 atom stereocenters. The van der Waals surface area contributed by atoms with Crippen LogP contribution in [0.4, 0.5) is 5.69 Å². The van der Waals surface area contributed by atoms with Crippen LogP contribution in [0.3, 0.4) is 0 Å². The molecule has 0 saturated carbocycles. The number of anilines is 1. The molecule has 1 rings (SSSR count). The number of hydrogen-bond donors (Lipinski definition) is 3. The molecule has 5 heteroatoms. The van der Waals surface area contributed by atoms with Crippen LogP contribution < -0.4 is 11.5 Å². The molecular weight excluding hydrogens is 223 g/mol. The number of nitrogen functional groups attached to an aromatic ring is 1. The van der Waals surface area contributed by atoms with Gasteiger partial charge in [0.05, 0.1) is 12.1 Å². The average Bonchev–Trinajstić information content (AvgIpc) is 2.05. The lowest BCUT2D eigenvalue weighted by atomic mass is 9.94. The standard InChI is InChI=1S/C9H14N2O.2ClH/c1-9(11,6-12)7-3-2-4-8(10)5-7;;/h2-5,12H,6,10-11H2,1H3;2*1H. The van der Waals surface area contributed by atoms with Crippen molar-refractivity contribution in [1.29, 1.82) is 0 Å². The van der Waals surface area contributed by atoms with E-state index in [0.29, 0.717) is 5.69 Å². The highest BCUT2D eigenvalue weighted by atomic mass is 35.5. The first-order chi connectivity index (χ1) is 5.56. The lowest BCUT2D eigenvalue weighted by Crippen LogP contribution is -2.36. The summed E-state index contributed by atoms with van der Waals surface area (Å²) in [4.78, 5) is 0. The molecule has 0 heterocycles. The zero-order chi connectivity index (χ0) is 9.19. The number of halogens is 2. The second-order valence-corrected chi connectivity index (χ2v) is 3.20. The Kier molecular flexibility index (Phi) is 6.94. The van der Waals surface area contributed by atoms with Crippen molar-refractivity contribution in [3.8, 4) is 0 Å². The fraction of sp³-hybridized carbons (Fsp3) is 0.333. The van der Waals surface area contributed by atoms with Crippen molar-refractivity contribution in [2.24, 2.45) is 5.73 Å². The Balaban J connectivity index is 0. The SMILES string of the molecule is CC(N)(CO)c1cccc(N)c1.Cl.Cl. The third-order valence-electron chi connectivity index (χ3n) is 1.87. The summed E-state index contributed by atoms with van der Waals surface area (Å²) in [5.74, 6) is 0. The van der Waals surface area contributed by atoms with Crippen molar-refractivity contribution in [2.45, 2.75) is 12.5 Å². The van der Waals surface area contributed by atoms with Crippen LogP contribution in [0, 0.1) is 0 Å². The molecule has 1 unspecified atom stereocenters. The first kappa shape index (κ1) is 16.0. The summed E-state index contributed by atoms with van der Waals surface area (Å²) in [6.45, 7) is 1.68. The summed E-state index contributed by atoms with van der Waals surface area (Å²) in [6.07, 6.45) is 0. The van der Waals surface area contributed by atoms with Gasteiger partial charge < -0.3 is 16.6 Å². The molecule has 0 radical (unpaired) electrons. The molecule has 0 bridgehead atoms. The molecule has 0 aliphatic carbocycles. The Morgan fingerprint density at radius 1 is 1.36 bits per heavy atom. The van der Waals surface area contributed by atoms with Crippen molar-refractivity contribution < 1.29 is 5.11 Å². The normalized spacial score (nSPS) is 13.4. The maximum atomic E-state index is 8.97. The molecule has 0 aliphatic heterocycles. The third-order valence-corrected chi connectivity index (χ3v) is 1.87. The lowest BCUT2D eigenvalue weighted by molar-refractivity contribution is 0.210. The van der Waals surface area contributed by atoms with Crippen LogP contribution >= 0.6 is 24.8 Å². The van der Waals surface area contributed by atoms with Crippen LogP contribution in [0.25, 0.3) is 0 Å². The largest absolute Gasteiger partial charge is 0.399 e. The Hall–Kier alpha value is -0.480. The van der Waals surface area contributed by atoms with Gasteiger partial charge in [0, 0.05) is 5.69 Å². The van der Waals surface area contributed by atoms with E-state index in [1.165, 1.54) is 0 Å². The smallest absolute Gasteiger partial charge is 0.0650 e. The predicted molar refractivity (Wildman–Crippen MR) is 64.0 cm³/mol. The Labute approximate surface area is 96.3 Å². The van der Waals surface area contributed by atoms with Crippen molar-refractivity contribution in [3.05, 3.63) is 29.8 Å². The highest BCUT2D eigenvalue weighted by Gasteiger charge is 2.19. The minimum Gasteiger partial charge on any atom is -0.399 e. The van der Waals surface area contributed by atoms with E-state index in [1.807, 2.05) is 12.1 Å². The van der Waals surface area contributed by atoms with E-state index in [-0.39, 0.29) is 31.4 Å². The first-order valence-corrected chi connectivity index (χ1v) is 3.82. The molecular formula is C9H16Cl2N2O. The second kappa shape index (κ2) is 6.09. The minimum atomic E-state index is -0.699. The fourth-order valence-corrected chi connectivity index (χ4v) is 0.985. The second-order valence-electron chi connectivity index (χ2n) is 3.20. The number of aliphatic hydroxyl groups excluding tert-OH is 1. The zero-order valence-electron chi connectivity index (χ0n) is 7.93. The van der Waals surface area contributed by atoms with Gasteiger partial charge in [-0.15, -0.1) is 24.8 Å². The number of benzene rings is 1. The Bertz CT molecular complexity index is 279. The van der Waals surface area contributed by atoms with Gasteiger partial charge in [-0.05, 0) is 24.6 Å². The quantitative estimate of drug-likeness (QED) is 0.680. The van der Waals surface area contributed by atoms with Gasteiger partial charge >= 0.3 is 0 Å². The summed E-state index contributed by atoms with van der Waals surface area (Å²) >= 11 is 0. The molecule has 0 fully saturated rings. The van der Waals surface area contributed by atoms with E-state index in [0.717, 1.165) is 5.56 Å². The van der Waals surface area contributed by atoms with Crippen molar-refractivity contribution in [2.75, 3.05) is 12.3 Å². The molecule has 1 aromatic carbocycles.